The van der Waals surface area contributed by atoms with Crippen LogP contribution in [0.4, 0.5) is 4.39 Å². The molecule has 1 aromatic heterocycles. The first-order valence-electron chi connectivity index (χ1n) is 6.83. The lowest BCUT2D eigenvalue weighted by Crippen LogP contribution is -2.18. The number of fused-ring (bicyclic) bond motifs is 1. The Hall–Kier alpha value is -1.94. The zero-order chi connectivity index (χ0) is 13.9. The van der Waals surface area contributed by atoms with Crippen molar-refractivity contribution in [2.24, 2.45) is 5.73 Å². The molecule has 1 atom stereocenters. The van der Waals surface area contributed by atoms with Gasteiger partial charge in [-0.3, -0.25) is 4.98 Å². The number of nitrogens with zero attached hydrogens (tertiary/aromatic N) is 1. The van der Waals surface area contributed by atoms with Crippen LogP contribution in [0.5, 0.6) is 5.75 Å². The van der Waals surface area contributed by atoms with Crippen molar-refractivity contribution in [2.75, 3.05) is 0 Å². The van der Waals surface area contributed by atoms with Crippen LogP contribution in [0.3, 0.4) is 0 Å². The number of benzene rings is 1. The lowest BCUT2D eigenvalue weighted by atomic mass is 9.87. The van der Waals surface area contributed by atoms with E-state index in [1.165, 1.54) is 23.4 Å². The predicted octanol–water partition coefficient (Wildman–Crippen LogP) is 3.14. The van der Waals surface area contributed by atoms with Crippen LogP contribution < -0.4 is 10.5 Å². The van der Waals surface area contributed by atoms with Gasteiger partial charge in [-0.1, -0.05) is 12.1 Å². The van der Waals surface area contributed by atoms with E-state index in [2.05, 4.69) is 11.1 Å². The van der Waals surface area contributed by atoms with Crippen LogP contribution in [0.15, 0.2) is 36.7 Å². The Kier molecular flexibility index (Phi) is 3.65. The maximum atomic E-state index is 13.1. The number of hydrogen-bond acceptors (Lipinski definition) is 3. The molecule has 1 unspecified atom stereocenters. The Balaban J connectivity index is 1.80. The fourth-order valence-corrected chi connectivity index (χ4v) is 2.68. The number of halogens is 1. The van der Waals surface area contributed by atoms with E-state index < -0.39 is 0 Å². The minimum absolute atomic E-state index is 0.0955. The second-order valence-corrected chi connectivity index (χ2v) is 5.12. The molecule has 20 heavy (non-hydrogen) atoms. The second-order valence-electron chi connectivity index (χ2n) is 5.12. The third-order valence-electron chi connectivity index (χ3n) is 3.67. The molecule has 4 heteroatoms. The monoisotopic (exact) mass is 272 g/mol. The summed E-state index contributed by atoms with van der Waals surface area (Å²) in [4.78, 5) is 3.82. The highest BCUT2D eigenvalue weighted by Crippen LogP contribution is 2.34. The lowest BCUT2D eigenvalue weighted by molar-refractivity contribution is 0.299. The molecule has 104 valence electrons. The summed E-state index contributed by atoms with van der Waals surface area (Å²) in [7, 11) is 0. The van der Waals surface area contributed by atoms with Gasteiger partial charge in [0.25, 0.3) is 0 Å². The standard InChI is InChI=1S/C16H17FN2O/c17-12-7-11(8-19-9-12)10-20-16-6-2-3-13-14(16)4-1-5-15(13)18/h2-3,6-9,15H,1,4-5,10,18H2. The third-order valence-corrected chi connectivity index (χ3v) is 3.67. The van der Waals surface area contributed by atoms with E-state index in [9.17, 15) is 4.39 Å². The Morgan fingerprint density at radius 3 is 3.10 bits per heavy atom. The Bertz CT molecular complexity index is 615. The number of hydrogen-bond donors (Lipinski definition) is 1. The molecule has 0 radical (unpaired) electrons. The van der Waals surface area contributed by atoms with Crippen molar-refractivity contribution in [1.82, 2.24) is 4.98 Å². The normalized spacial score (nSPS) is 17.6. The van der Waals surface area contributed by atoms with Gasteiger partial charge in [-0.25, -0.2) is 4.39 Å². The first kappa shape index (κ1) is 13.1. The molecule has 2 N–H and O–H groups in total. The SMILES string of the molecule is NC1CCCc2c(OCc3cncc(F)c3)cccc21. The van der Waals surface area contributed by atoms with Crippen molar-refractivity contribution in [2.45, 2.75) is 31.9 Å². The zero-order valence-corrected chi connectivity index (χ0v) is 11.2. The average molecular weight is 272 g/mol. The van der Waals surface area contributed by atoms with Gasteiger partial charge >= 0.3 is 0 Å². The van der Waals surface area contributed by atoms with Gasteiger partial charge in [0.15, 0.2) is 0 Å². The summed E-state index contributed by atoms with van der Waals surface area (Å²) in [5, 5.41) is 0. The van der Waals surface area contributed by atoms with Crippen molar-refractivity contribution in [3.8, 4) is 5.75 Å². The number of pyridine rings is 1. The molecular formula is C16H17FN2O. The van der Waals surface area contributed by atoms with Gasteiger partial charge in [-0.05, 0) is 42.5 Å². The molecule has 3 rings (SSSR count). The fourth-order valence-electron chi connectivity index (χ4n) is 2.68. The molecule has 1 heterocycles. The van der Waals surface area contributed by atoms with Crippen LogP contribution in [-0.4, -0.2) is 4.98 Å². The minimum Gasteiger partial charge on any atom is -0.489 e. The maximum Gasteiger partial charge on any atom is 0.141 e. The van der Waals surface area contributed by atoms with Crippen LogP contribution in [0.1, 0.15) is 35.6 Å². The zero-order valence-electron chi connectivity index (χ0n) is 11.2. The molecular weight excluding hydrogens is 255 g/mol. The smallest absolute Gasteiger partial charge is 0.141 e. The molecule has 1 aromatic carbocycles. The van der Waals surface area contributed by atoms with Gasteiger partial charge in [0, 0.05) is 17.8 Å². The van der Waals surface area contributed by atoms with Crippen molar-refractivity contribution >= 4 is 0 Å². The van der Waals surface area contributed by atoms with Gasteiger partial charge in [0.05, 0.1) is 6.20 Å². The summed E-state index contributed by atoms with van der Waals surface area (Å²) in [5.41, 5.74) is 9.21. The molecule has 0 bridgehead atoms. The van der Waals surface area contributed by atoms with Crippen LogP contribution in [0.25, 0.3) is 0 Å². The van der Waals surface area contributed by atoms with Crippen LogP contribution in [0.2, 0.25) is 0 Å². The fraction of sp³-hybridized carbons (Fsp3) is 0.312. The largest absolute Gasteiger partial charge is 0.489 e. The first-order chi connectivity index (χ1) is 9.74. The van der Waals surface area contributed by atoms with Gasteiger partial charge in [-0.15, -0.1) is 0 Å². The van der Waals surface area contributed by atoms with Crippen molar-refractivity contribution < 1.29 is 9.13 Å². The molecule has 0 fully saturated rings. The van der Waals surface area contributed by atoms with Crippen molar-refractivity contribution in [3.63, 3.8) is 0 Å². The highest BCUT2D eigenvalue weighted by molar-refractivity contribution is 5.43. The van der Waals surface area contributed by atoms with E-state index in [4.69, 9.17) is 10.5 Å². The molecule has 3 nitrogen and oxygen atoms in total. The van der Waals surface area contributed by atoms with Crippen LogP contribution in [-0.2, 0) is 13.0 Å². The number of ether oxygens (including phenoxy) is 1. The minimum atomic E-state index is -0.344. The molecule has 0 saturated carbocycles. The molecule has 0 amide bonds. The number of rotatable bonds is 3. The summed E-state index contributed by atoms with van der Waals surface area (Å²) >= 11 is 0. The Morgan fingerprint density at radius 2 is 2.25 bits per heavy atom. The maximum absolute atomic E-state index is 13.1. The summed E-state index contributed by atoms with van der Waals surface area (Å²) in [5.74, 6) is 0.505. The van der Waals surface area contributed by atoms with E-state index in [-0.39, 0.29) is 11.9 Å². The average Bonchev–Trinajstić information content (AvgIpc) is 2.46. The van der Waals surface area contributed by atoms with Crippen LogP contribution in [0, 0.1) is 5.82 Å². The molecule has 0 saturated heterocycles. The molecule has 0 spiro atoms. The first-order valence-corrected chi connectivity index (χ1v) is 6.83. The summed E-state index contributed by atoms with van der Waals surface area (Å²) in [6, 6.07) is 7.51. The number of aromatic nitrogens is 1. The number of nitrogens with two attached hydrogens (primary N) is 1. The van der Waals surface area contributed by atoms with E-state index in [0.29, 0.717) is 6.61 Å². The summed E-state index contributed by atoms with van der Waals surface area (Å²) in [6.07, 6.45) is 5.89. The topological polar surface area (TPSA) is 48.1 Å². The van der Waals surface area contributed by atoms with Gasteiger partial charge < -0.3 is 10.5 Å². The Labute approximate surface area is 117 Å². The molecule has 2 aromatic rings. The highest BCUT2D eigenvalue weighted by atomic mass is 19.1. The van der Waals surface area contributed by atoms with E-state index in [1.54, 1.807) is 6.20 Å². The lowest BCUT2D eigenvalue weighted by Gasteiger charge is -2.24. The highest BCUT2D eigenvalue weighted by Gasteiger charge is 2.19. The van der Waals surface area contributed by atoms with Crippen molar-refractivity contribution in [3.05, 3.63) is 59.2 Å². The van der Waals surface area contributed by atoms with Gasteiger partial charge in [-0.2, -0.15) is 0 Å². The van der Waals surface area contributed by atoms with E-state index in [0.717, 1.165) is 30.6 Å². The predicted molar refractivity (Wildman–Crippen MR) is 74.8 cm³/mol. The quantitative estimate of drug-likeness (QED) is 0.933. The van der Waals surface area contributed by atoms with Crippen molar-refractivity contribution in [1.29, 1.82) is 0 Å². The third kappa shape index (κ3) is 2.65. The van der Waals surface area contributed by atoms with E-state index >= 15 is 0 Å². The summed E-state index contributed by atoms with van der Waals surface area (Å²) < 4.78 is 18.9. The van der Waals surface area contributed by atoms with Gasteiger partial charge in [0.2, 0.25) is 0 Å². The molecule has 1 aliphatic carbocycles. The summed E-state index contributed by atoms with van der Waals surface area (Å²) in [6.45, 7) is 0.316. The van der Waals surface area contributed by atoms with Crippen LogP contribution >= 0.6 is 0 Å². The second kappa shape index (κ2) is 5.59. The van der Waals surface area contributed by atoms with Gasteiger partial charge in [0.1, 0.15) is 18.2 Å². The molecule has 1 aliphatic rings. The molecule has 0 aliphatic heterocycles. The van der Waals surface area contributed by atoms with E-state index in [1.807, 2.05) is 12.1 Å². The Morgan fingerprint density at radius 1 is 1.35 bits per heavy atom.